The van der Waals surface area contributed by atoms with Crippen molar-refractivity contribution in [2.24, 2.45) is 5.41 Å². The quantitative estimate of drug-likeness (QED) is 0.842. The average Bonchev–Trinajstić information content (AvgIpc) is 2.92. The van der Waals surface area contributed by atoms with Crippen LogP contribution in [0.25, 0.3) is 0 Å². The molecule has 0 N–H and O–H groups in total. The number of carbonyl (C=O) groups is 1. The Morgan fingerprint density at radius 2 is 1.88 bits per heavy atom. The summed E-state index contributed by atoms with van der Waals surface area (Å²) in [7, 11) is -3.48. The number of aryl methyl sites for hydroxylation is 1. The molecule has 2 aliphatic heterocycles. The van der Waals surface area contributed by atoms with Crippen molar-refractivity contribution in [1.82, 2.24) is 4.31 Å². The molecule has 0 aliphatic carbocycles. The standard InChI is InChI=1S/C18H26N2O3S/c1-14-12-15(7-8-16(14)20-11-4-6-17(20)21)24(22,23)19-10-5-9-18(2,3)13-19/h7-8,12H,4-6,9-11,13H2,1-3H3. The predicted octanol–water partition coefficient (Wildman–Crippen LogP) is 2.93. The molecule has 2 heterocycles. The van der Waals surface area contributed by atoms with Crippen LogP contribution in [0.2, 0.25) is 0 Å². The summed E-state index contributed by atoms with van der Waals surface area (Å²) in [5.74, 6) is 0.117. The van der Waals surface area contributed by atoms with Crippen molar-refractivity contribution < 1.29 is 13.2 Å². The van der Waals surface area contributed by atoms with Gasteiger partial charge in [-0.3, -0.25) is 4.79 Å². The summed E-state index contributed by atoms with van der Waals surface area (Å²) in [6, 6.07) is 5.13. The molecule has 0 radical (unpaired) electrons. The van der Waals surface area contributed by atoms with Crippen LogP contribution >= 0.6 is 0 Å². The molecule has 0 bridgehead atoms. The first-order valence-electron chi connectivity index (χ1n) is 8.62. The number of anilines is 1. The van der Waals surface area contributed by atoms with Crippen LogP contribution in [0.15, 0.2) is 23.1 Å². The molecule has 3 rings (SSSR count). The van der Waals surface area contributed by atoms with Crippen LogP contribution < -0.4 is 4.90 Å². The number of nitrogens with zero attached hydrogens (tertiary/aromatic N) is 2. The van der Waals surface area contributed by atoms with Crippen molar-refractivity contribution >= 4 is 21.6 Å². The molecule has 6 heteroatoms. The van der Waals surface area contributed by atoms with E-state index in [2.05, 4.69) is 13.8 Å². The van der Waals surface area contributed by atoms with Crippen molar-refractivity contribution in [3.63, 3.8) is 0 Å². The molecule has 0 unspecified atom stereocenters. The molecule has 1 aromatic rings. The fraction of sp³-hybridized carbons (Fsp3) is 0.611. The van der Waals surface area contributed by atoms with Gasteiger partial charge in [-0.15, -0.1) is 0 Å². The van der Waals surface area contributed by atoms with Crippen LogP contribution in [0.1, 0.15) is 45.1 Å². The zero-order valence-electron chi connectivity index (χ0n) is 14.7. The molecule has 2 saturated heterocycles. The Kier molecular flexibility index (Phi) is 4.47. The van der Waals surface area contributed by atoms with Crippen molar-refractivity contribution in [2.45, 2.75) is 51.3 Å². The first-order chi connectivity index (χ1) is 11.2. The molecule has 0 atom stereocenters. The van der Waals surface area contributed by atoms with Crippen molar-refractivity contribution in [1.29, 1.82) is 0 Å². The topological polar surface area (TPSA) is 57.7 Å². The van der Waals surface area contributed by atoms with Crippen molar-refractivity contribution in [3.05, 3.63) is 23.8 Å². The highest BCUT2D eigenvalue weighted by Crippen LogP contribution is 2.33. The van der Waals surface area contributed by atoms with Gasteiger partial charge < -0.3 is 4.90 Å². The summed E-state index contributed by atoms with van der Waals surface area (Å²) in [5, 5.41) is 0. The van der Waals surface area contributed by atoms with Crippen LogP contribution in [0.5, 0.6) is 0 Å². The third-order valence-corrected chi connectivity index (χ3v) is 6.88. The van der Waals surface area contributed by atoms with Crippen LogP contribution in [-0.4, -0.2) is 38.3 Å². The van der Waals surface area contributed by atoms with Gasteiger partial charge in [0.25, 0.3) is 0 Å². The number of amides is 1. The second kappa shape index (κ2) is 6.15. The molecule has 2 fully saturated rings. The third kappa shape index (κ3) is 3.22. The summed E-state index contributed by atoms with van der Waals surface area (Å²) in [6.45, 7) is 7.95. The lowest BCUT2D eigenvalue weighted by Gasteiger charge is -2.37. The van der Waals surface area contributed by atoms with Gasteiger partial charge in [0.2, 0.25) is 15.9 Å². The molecule has 0 saturated carbocycles. The normalized spacial score (nSPS) is 22.1. The predicted molar refractivity (Wildman–Crippen MR) is 94.5 cm³/mol. The maximum Gasteiger partial charge on any atom is 0.243 e. The second-order valence-corrected chi connectivity index (χ2v) is 9.64. The number of piperidine rings is 1. The SMILES string of the molecule is Cc1cc(S(=O)(=O)N2CCCC(C)(C)C2)ccc1N1CCCC1=O. The lowest BCUT2D eigenvalue weighted by Crippen LogP contribution is -2.43. The van der Waals surface area contributed by atoms with E-state index in [0.29, 0.717) is 31.0 Å². The minimum absolute atomic E-state index is 0.0161. The van der Waals surface area contributed by atoms with Gasteiger partial charge in [0.05, 0.1) is 4.90 Å². The number of benzene rings is 1. The molecule has 5 nitrogen and oxygen atoms in total. The third-order valence-electron chi connectivity index (χ3n) is 5.04. The summed E-state index contributed by atoms with van der Waals surface area (Å²) in [6.07, 6.45) is 3.38. The fourth-order valence-electron chi connectivity index (χ4n) is 3.72. The Balaban J connectivity index is 1.89. The van der Waals surface area contributed by atoms with E-state index in [9.17, 15) is 13.2 Å². The van der Waals surface area contributed by atoms with Crippen LogP contribution in [-0.2, 0) is 14.8 Å². The zero-order valence-corrected chi connectivity index (χ0v) is 15.5. The highest BCUT2D eigenvalue weighted by Gasteiger charge is 2.34. The number of rotatable bonds is 3. The second-order valence-electron chi connectivity index (χ2n) is 7.70. The van der Waals surface area contributed by atoms with E-state index in [0.717, 1.165) is 30.5 Å². The first kappa shape index (κ1) is 17.4. The summed E-state index contributed by atoms with van der Waals surface area (Å²) >= 11 is 0. The van der Waals surface area contributed by atoms with Gasteiger partial charge in [-0.1, -0.05) is 13.8 Å². The highest BCUT2D eigenvalue weighted by atomic mass is 32.2. The van der Waals surface area contributed by atoms with E-state index in [4.69, 9.17) is 0 Å². The molecule has 24 heavy (non-hydrogen) atoms. The Morgan fingerprint density at radius 3 is 2.46 bits per heavy atom. The average molecular weight is 350 g/mol. The largest absolute Gasteiger partial charge is 0.312 e. The van der Waals surface area contributed by atoms with Gasteiger partial charge in [-0.05, 0) is 55.4 Å². The molecule has 132 valence electrons. The molecule has 0 aromatic heterocycles. The summed E-state index contributed by atoms with van der Waals surface area (Å²) in [5.41, 5.74) is 1.68. The molecule has 0 spiro atoms. The smallest absolute Gasteiger partial charge is 0.243 e. The van der Waals surface area contributed by atoms with Crippen LogP contribution in [0, 0.1) is 12.3 Å². The van der Waals surface area contributed by atoms with Gasteiger partial charge in [-0.2, -0.15) is 4.31 Å². The Morgan fingerprint density at radius 1 is 1.12 bits per heavy atom. The van der Waals surface area contributed by atoms with E-state index in [1.54, 1.807) is 27.4 Å². The minimum Gasteiger partial charge on any atom is -0.312 e. The van der Waals surface area contributed by atoms with Crippen LogP contribution in [0.3, 0.4) is 0 Å². The minimum atomic E-state index is -3.48. The Bertz CT molecular complexity index is 756. The number of sulfonamides is 1. The zero-order chi connectivity index (χ0) is 17.5. The van der Waals surface area contributed by atoms with Gasteiger partial charge in [0.1, 0.15) is 0 Å². The molecular formula is C18H26N2O3S. The Labute approximate surface area is 144 Å². The Hall–Kier alpha value is -1.40. The summed E-state index contributed by atoms with van der Waals surface area (Å²) in [4.78, 5) is 14.0. The highest BCUT2D eigenvalue weighted by molar-refractivity contribution is 7.89. The van der Waals surface area contributed by atoms with Crippen molar-refractivity contribution in [3.8, 4) is 0 Å². The van der Waals surface area contributed by atoms with E-state index in [-0.39, 0.29) is 11.3 Å². The maximum atomic E-state index is 13.0. The fourth-order valence-corrected chi connectivity index (χ4v) is 5.47. The first-order valence-corrected chi connectivity index (χ1v) is 10.1. The van der Waals surface area contributed by atoms with E-state index in [1.165, 1.54) is 0 Å². The van der Waals surface area contributed by atoms with Gasteiger partial charge in [0, 0.05) is 31.7 Å². The van der Waals surface area contributed by atoms with Crippen molar-refractivity contribution in [2.75, 3.05) is 24.5 Å². The van der Waals surface area contributed by atoms with Crippen LogP contribution in [0.4, 0.5) is 5.69 Å². The number of hydrogen-bond donors (Lipinski definition) is 0. The number of hydrogen-bond acceptors (Lipinski definition) is 3. The molecular weight excluding hydrogens is 324 g/mol. The molecule has 2 aliphatic rings. The monoisotopic (exact) mass is 350 g/mol. The van der Waals surface area contributed by atoms with Gasteiger partial charge >= 0.3 is 0 Å². The van der Waals surface area contributed by atoms with Gasteiger partial charge in [0.15, 0.2) is 0 Å². The molecule has 1 aromatic carbocycles. The molecule has 1 amide bonds. The van der Waals surface area contributed by atoms with E-state index < -0.39 is 10.0 Å². The summed E-state index contributed by atoms with van der Waals surface area (Å²) < 4.78 is 27.5. The number of carbonyl (C=O) groups excluding carboxylic acids is 1. The van der Waals surface area contributed by atoms with Gasteiger partial charge in [-0.25, -0.2) is 8.42 Å². The van der Waals surface area contributed by atoms with E-state index in [1.807, 2.05) is 6.92 Å². The van der Waals surface area contributed by atoms with E-state index >= 15 is 0 Å². The maximum absolute atomic E-state index is 13.0. The lowest BCUT2D eigenvalue weighted by atomic mass is 9.85. The lowest BCUT2D eigenvalue weighted by molar-refractivity contribution is -0.117.